The third-order valence-corrected chi connectivity index (χ3v) is 2.74. The van der Waals surface area contributed by atoms with Gasteiger partial charge in [-0.1, -0.05) is 12.1 Å². The minimum atomic E-state index is -0.956. The molecule has 0 saturated heterocycles. The first-order valence-electron chi connectivity index (χ1n) is 5.77. The molecule has 2 aromatic rings. The summed E-state index contributed by atoms with van der Waals surface area (Å²) in [6.07, 6.45) is 1.45. The van der Waals surface area contributed by atoms with E-state index in [-0.39, 0.29) is 6.42 Å². The highest BCUT2D eigenvalue weighted by molar-refractivity contribution is 5.68. The molecule has 2 rings (SSSR count). The molecule has 0 aliphatic heterocycles. The molecular formula is C13H15N3O3. The Morgan fingerprint density at radius 2 is 2.26 bits per heavy atom. The smallest absolute Gasteiger partial charge is 0.305 e. The number of rotatable bonds is 5. The standard InChI is InChI=1S/C13H15N3O3/c1-19-11-5-3-2-4-8(11)10-7-15-13(16-10)9(14)6-12(17)18/h2-5,7,9H,6,14H2,1H3,(H,15,16)(H,17,18). The van der Waals surface area contributed by atoms with Crippen LogP contribution in [0, 0.1) is 0 Å². The second kappa shape index (κ2) is 5.53. The molecule has 6 heteroatoms. The zero-order chi connectivity index (χ0) is 13.8. The Hall–Kier alpha value is -2.34. The number of para-hydroxylation sites is 1. The van der Waals surface area contributed by atoms with Gasteiger partial charge in [-0.05, 0) is 12.1 Å². The molecule has 0 aliphatic carbocycles. The maximum Gasteiger partial charge on any atom is 0.305 e. The monoisotopic (exact) mass is 261 g/mol. The van der Waals surface area contributed by atoms with Crippen molar-refractivity contribution in [2.75, 3.05) is 7.11 Å². The van der Waals surface area contributed by atoms with Crippen LogP contribution in [0.25, 0.3) is 11.3 Å². The number of H-pyrrole nitrogens is 1. The highest BCUT2D eigenvalue weighted by Gasteiger charge is 2.15. The molecule has 100 valence electrons. The van der Waals surface area contributed by atoms with Gasteiger partial charge in [0, 0.05) is 5.56 Å². The molecule has 1 aromatic carbocycles. The van der Waals surface area contributed by atoms with E-state index in [2.05, 4.69) is 9.97 Å². The number of aromatic amines is 1. The van der Waals surface area contributed by atoms with Gasteiger partial charge >= 0.3 is 5.97 Å². The van der Waals surface area contributed by atoms with E-state index >= 15 is 0 Å². The average Bonchev–Trinajstić information content (AvgIpc) is 2.87. The van der Waals surface area contributed by atoms with Gasteiger partial charge in [-0.2, -0.15) is 0 Å². The Bertz CT molecular complexity index is 580. The number of aromatic nitrogens is 2. The molecule has 0 fully saturated rings. The fourth-order valence-electron chi connectivity index (χ4n) is 1.81. The topological polar surface area (TPSA) is 101 Å². The molecule has 1 aromatic heterocycles. The number of carboxylic acid groups (broad SMARTS) is 1. The van der Waals surface area contributed by atoms with Crippen molar-refractivity contribution in [2.45, 2.75) is 12.5 Å². The molecule has 0 bridgehead atoms. The van der Waals surface area contributed by atoms with Crippen LogP contribution in [0.5, 0.6) is 5.75 Å². The summed E-state index contributed by atoms with van der Waals surface area (Å²) < 4.78 is 5.26. The van der Waals surface area contributed by atoms with Crippen LogP contribution in [0.2, 0.25) is 0 Å². The molecule has 0 amide bonds. The number of aliphatic carboxylic acids is 1. The van der Waals surface area contributed by atoms with Crippen LogP contribution in [-0.4, -0.2) is 28.2 Å². The number of benzene rings is 1. The fourth-order valence-corrected chi connectivity index (χ4v) is 1.81. The highest BCUT2D eigenvalue weighted by Crippen LogP contribution is 2.28. The van der Waals surface area contributed by atoms with Crippen molar-refractivity contribution in [2.24, 2.45) is 5.73 Å². The van der Waals surface area contributed by atoms with Crippen LogP contribution in [0.3, 0.4) is 0 Å². The maximum absolute atomic E-state index is 10.6. The highest BCUT2D eigenvalue weighted by atomic mass is 16.5. The normalized spacial score (nSPS) is 12.1. The van der Waals surface area contributed by atoms with Gasteiger partial charge in [0.05, 0.1) is 31.5 Å². The molecule has 0 saturated carbocycles. The first kappa shape index (κ1) is 13.1. The van der Waals surface area contributed by atoms with Crippen molar-refractivity contribution in [1.82, 2.24) is 9.97 Å². The van der Waals surface area contributed by atoms with Crippen LogP contribution >= 0.6 is 0 Å². The molecule has 0 spiro atoms. The number of ether oxygens (including phenoxy) is 1. The van der Waals surface area contributed by atoms with Gasteiger partial charge in [-0.3, -0.25) is 4.79 Å². The lowest BCUT2D eigenvalue weighted by Gasteiger charge is -2.07. The molecule has 6 nitrogen and oxygen atoms in total. The van der Waals surface area contributed by atoms with Gasteiger partial charge in [0.1, 0.15) is 11.6 Å². The van der Waals surface area contributed by atoms with Crippen molar-refractivity contribution < 1.29 is 14.6 Å². The zero-order valence-corrected chi connectivity index (χ0v) is 10.5. The van der Waals surface area contributed by atoms with E-state index < -0.39 is 12.0 Å². The number of hydrogen-bond donors (Lipinski definition) is 3. The lowest BCUT2D eigenvalue weighted by molar-refractivity contribution is -0.137. The zero-order valence-electron chi connectivity index (χ0n) is 10.5. The Balaban J connectivity index is 2.28. The first-order valence-corrected chi connectivity index (χ1v) is 5.77. The van der Waals surface area contributed by atoms with E-state index in [4.69, 9.17) is 15.6 Å². The van der Waals surface area contributed by atoms with Gasteiger partial charge < -0.3 is 20.6 Å². The summed E-state index contributed by atoms with van der Waals surface area (Å²) in [5, 5.41) is 8.71. The minimum Gasteiger partial charge on any atom is -0.496 e. The Morgan fingerprint density at radius 3 is 2.95 bits per heavy atom. The molecular weight excluding hydrogens is 246 g/mol. The third kappa shape index (κ3) is 2.92. The Morgan fingerprint density at radius 1 is 1.53 bits per heavy atom. The molecule has 19 heavy (non-hydrogen) atoms. The van der Waals surface area contributed by atoms with Crippen LogP contribution < -0.4 is 10.5 Å². The summed E-state index contributed by atoms with van der Waals surface area (Å²) >= 11 is 0. The largest absolute Gasteiger partial charge is 0.496 e. The minimum absolute atomic E-state index is 0.168. The summed E-state index contributed by atoms with van der Waals surface area (Å²) in [5.74, 6) is 0.204. The second-order valence-electron chi connectivity index (χ2n) is 4.09. The molecule has 0 radical (unpaired) electrons. The van der Waals surface area contributed by atoms with Gasteiger partial charge in [0.15, 0.2) is 0 Å². The number of imidazole rings is 1. The molecule has 1 unspecified atom stereocenters. The predicted octanol–water partition coefficient (Wildman–Crippen LogP) is 1.56. The number of nitrogens with two attached hydrogens (primary N) is 1. The lowest BCUT2D eigenvalue weighted by Crippen LogP contribution is -2.16. The van der Waals surface area contributed by atoms with E-state index in [9.17, 15) is 4.79 Å². The molecule has 1 heterocycles. The first-order chi connectivity index (χ1) is 9.11. The van der Waals surface area contributed by atoms with Crippen molar-refractivity contribution in [3.63, 3.8) is 0 Å². The van der Waals surface area contributed by atoms with E-state index in [1.54, 1.807) is 13.3 Å². The Kier molecular flexibility index (Phi) is 3.82. The molecule has 4 N–H and O–H groups in total. The van der Waals surface area contributed by atoms with E-state index in [1.807, 2.05) is 24.3 Å². The van der Waals surface area contributed by atoms with Gasteiger partial charge in [-0.25, -0.2) is 4.98 Å². The summed E-state index contributed by atoms with van der Waals surface area (Å²) in [5.41, 5.74) is 7.35. The number of nitrogens with zero attached hydrogens (tertiary/aromatic N) is 1. The predicted molar refractivity (Wildman–Crippen MR) is 69.8 cm³/mol. The van der Waals surface area contributed by atoms with Crippen LogP contribution in [0.15, 0.2) is 30.5 Å². The number of carbonyl (C=O) groups is 1. The molecule has 1 atom stereocenters. The quantitative estimate of drug-likeness (QED) is 0.758. The summed E-state index contributed by atoms with van der Waals surface area (Å²) in [6, 6.07) is 6.83. The summed E-state index contributed by atoms with van der Waals surface area (Å²) in [4.78, 5) is 17.8. The SMILES string of the molecule is COc1ccccc1-c1cnc(C(N)CC(=O)O)[nH]1. The van der Waals surface area contributed by atoms with Crippen molar-refractivity contribution >= 4 is 5.97 Å². The lowest BCUT2D eigenvalue weighted by atomic mass is 10.1. The maximum atomic E-state index is 10.6. The van der Waals surface area contributed by atoms with Crippen LogP contribution in [0.1, 0.15) is 18.3 Å². The van der Waals surface area contributed by atoms with E-state index in [0.29, 0.717) is 11.6 Å². The number of nitrogens with one attached hydrogen (secondary N) is 1. The fraction of sp³-hybridized carbons (Fsp3) is 0.231. The second-order valence-corrected chi connectivity index (χ2v) is 4.09. The van der Waals surface area contributed by atoms with Gasteiger partial charge in [-0.15, -0.1) is 0 Å². The van der Waals surface area contributed by atoms with Crippen molar-refractivity contribution in [3.8, 4) is 17.0 Å². The van der Waals surface area contributed by atoms with Crippen molar-refractivity contribution in [3.05, 3.63) is 36.3 Å². The number of methoxy groups -OCH3 is 1. The Labute approximate surface area is 110 Å². The average molecular weight is 261 g/mol. The van der Waals surface area contributed by atoms with Gasteiger partial charge in [0.25, 0.3) is 0 Å². The number of hydrogen-bond acceptors (Lipinski definition) is 4. The van der Waals surface area contributed by atoms with Crippen LogP contribution in [0.4, 0.5) is 0 Å². The van der Waals surface area contributed by atoms with E-state index in [0.717, 1.165) is 11.3 Å². The van der Waals surface area contributed by atoms with Gasteiger partial charge in [0.2, 0.25) is 0 Å². The van der Waals surface area contributed by atoms with Crippen LogP contribution in [-0.2, 0) is 4.79 Å². The summed E-state index contributed by atoms with van der Waals surface area (Å²) in [7, 11) is 1.59. The third-order valence-electron chi connectivity index (χ3n) is 2.74. The van der Waals surface area contributed by atoms with E-state index in [1.165, 1.54) is 0 Å². The molecule has 0 aliphatic rings. The van der Waals surface area contributed by atoms with Crippen molar-refractivity contribution in [1.29, 1.82) is 0 Å². The summed E-state index contributed by atoms with van der Waals surface area (Å²) in [6.45, 7) is 0. The number of carboxylic acids is 1.